The lowest BCUT2D eigenvalue weighted by molar-refractivity contribution is 0.694. The van der Waals surface area contributed by atoms with E-state index in [1.54, 1.807) is 0 Å². The van der Waals surface area contributed by atoms with E-state index in [-0.39, 0.29) is 6.04 Å². The molecule has 0 fully saturated rings. The van der Waals surface area contributed by atoms with Gasteiger partial charge in [-0.15, -0.1) is 0 Å². The van der Waals surface area contributed by atoms with Gasteiger partial charge < -0.3 is 10.6 Å². The normalized spacial score (nSPS) is 12.2. The lowest BCUT2D eigenvalue weighted by Gasteiger charge is -2.24. The minimum absolute atomic E-state index is 0.106. The van der Waals surface area contributed by atoms with Crippen molar-refractivity contribution in [2.45, 2.75) is 25.8 Å². The van der Waals surface area contributed by atoms with Gasteiger partial charge in [-0.1, -0.05) is 25.1 Å². The average Bonchev–Trinajstić information content (AvgIpc) is 2.52. The van der Waals surface area contributed by atoms with Gasteiger partial charge in [0.1, 0.15) is 0 Å². The molecule has 0 saturated heterocycles. The maximum Gasteiger partial charge on any atom is 0.0412 e. The number of hydrogen-bond acceptors (Lipinski definition) is 3. The number of aromatic nitrogens is 1. The van der Waals surface area contributed by atoms with Gasteiger partial charge in [-0.05, 0) is 42.2 Å². The lowest BCUT2D eigenvalue weighted by atomic mass is 10.0. The van der Waals surface area contributed by atoms with Crippen LogP contribution in [-0.2, 0) is 6.42 Å². The summed E-state index contributed by atoms with van der Waals surface area (Å²) in [4.78, 5) is 6.33. The first-order valence-corrected chi connectivity index (χ1v) is 7.17. The number of benzene rings is 1. The fourth-order valence-corrected chi connectivity index (χ4v) is 2.34. The molecule has 2 rings (SSSR count). The van der Waals surface area contributed by atoms with Crippen molar-refractivity contribution in [2.24, 2.45) is 5.73 Å². The summed E-state index contributed by atoms with van der Waals surface area (Å²) in [5.41, 5.74) is 9.98. The van der Waals surface area contributed by atoms with E-state index in [1.807, 2.05) is 12.4 Å². The number of likely N-dealkylation sites (N-methyl/N-ethyl adjacent to an activating group) is 1. The highest BCUT2D eigenvalue weighted by Crippen LogP contribution is 2.26. The topological polar surface area (TPSA) is 42.1 Å². The molecular weight excluding hydrogens is 246 g/mol. The Morgan fingerprint density at radius 1 is 1.15 bits per heavy atom. The van der Waals surface area contributed by atoms with Gasteiger partial charge in [0.15, 0.2) is 0 Å². The molecule has 2 N–H and O–H groups in total. The van der Waals surface area contributed by atoms with E-state index in [1.165, 1.54) is 16.8 Å². The van der Waals surface area contributed by atoms with E-state index in [9.17, 15) is 0 Å². The van der Waals surface area contributed by atoms with E-state index >= 15 is 0 Å². The van der Waals surface area contributed by atoms with Crippen LogP contribution in [0.3, 0.4) is 0 Å². The minimum Gasteiger partial charge on any atom is -0.374 e. The molecule has 0 amide bonds. The van der Waals surface area contributed by atoms with Crippen molar-refractivity contribution in [3.8, 4) is 0 Å². The maximum atomic E-state index is 6.21. The summed E-state index contributed by atoms with van der Waals surface area (Å²) in [6.07, 6.45) is 5.65. The van der Waals surface area contributed by atoms with E-state index < -0.39 is 0 Å². The van der Waals surface area contributed by atoms with E-state index in [0.29, 0.717) is 0 Å². The Bertz CT molecular complexity index is 525. The van der Waals surface area contributed by atoms with Crippen LogP contribution in [0.15, 0.2) is 48.8 Å². The van der Waals surface area contributed by atoms with Crippen LogP contribution in [0.5, 0.6) is 0 Å². The Kier molecular flexibility index (Phi) is 5.13. The highest BCUT2D eigenvalue weighted by Gasteiger charge is 2.11. The molecule has 0 aliphatic carbocycles. The number of nitrogens with zero attached hydrogens (tertiary/aromatic N) is 2. The molecule has 0 radical (unpaired) electrons. The highest BCUT2D eigenvalue weighted by atomic mass is 15.1. The van der Waals surface area contributed by atoms with Gasteiger partial charge in [0.2, 0.25) is 0 Å². The van der Waals surface area contributed by atoms with Crippen molar-refractivity contribution >= 4 is 5.69 Å². The molecule has 0 saturated carbocycles. The number of para-hydroxylation sites is 1. The molecule has 3 nitrogen and oxygen atoms in total. The summed E-state index contributed by atoms with van der Waals surface area (Å²) < 4.78 is 0. The number of anilines is 1. The Morgan fingerprint density at radius 3 is 2.55 bits per heavy atom. The predicted molar refractivity (Wildman–Crippen MR) is 84.9 cm³/mol. The van der Waals surface area contributed by atoms with Crippen molar-refractivity contribution in [1.29, 1.82) is 0 Å². The second kappa shape index (κ2) is 7.06. The molecule has 0 aliphatic heterocycles. The van der Waals surface area contributed by atoms with Gasteiger partial charge in [0.05, 0.1) is 0 Å². The second-order valence-electron chi connectivity index (χ2n) is 5.10. The van der Waals surface area contributed by atoms with Crippen molar-refractivity contribution in [3.63, 3.8) is 0 Å². The molecule has 20 heavy (non-hydrogen) atoms. The Labute approximate surface area is 121 Å². The third-order valence-corrected chi connectivity index (χ3v) is 3.67. The van der Waals surface area contributed by atoms with Gasteiger partial charge >= 0.3 is 0 Å². The zero-order valence-electron chi connectivity index (χ0n) is 12.3. The molecule has 0 unspecified atom stereocenters. The number of hydrogen-bond donors (Lipinski definition) is 1. The predicted octanol–water partition coefficient (Wildman–Crippen LogP) is 3.17. The molecule has 0 spiro atoms. The Morgan fingerprint density at radius 2 is 1.85 bits per heavy atom. The molecule has 1 aromatic carbocycles. The zero-order chi connectivity index (χ0) is 14.4. The quantitative estimate of drug-likeness (QED) is 0.876. The molecule has 106 valence electrons. The van der Waals surface area contributed by atoms with Crippen LogP contribution in [0.25, 0.3) is 0 Å². The maximum absolute atomic E-state index is 6.21. The van der Waals surface area contributed by atoms with Crippen LogP contribution in [0, 0.1) is 0 Å². The first-order valence-electron chi connectivity index (χ1n) is 7.17. The molecule has 0 bridgehead atoms. The largest absolute Gasteiger partial charge is 0.374 e. The van der Waals surface area contributed by atoms with Gasteiger partial charge in [-0.25, -0.2) is 0 Å². The van der Waals surface area contributed by atoms with Crippen LogP contribution < -0.4 is 10.6 Å². The Hall–Kier alpha value is -1.87. The van der Waals surface area contributed by atoms with Gasteiger partial charge in [-0.3, -0.25) is 4.98 Å². The van der Waals surface area contributed by atoms with Crippen LogP contribution in [0.4, 0.5) is 5.69 Å². The first-order chi connectivity index (χ1) is 9.72. The molecule has 1 aromatic heterocycles. The third kappa shape index (κ3) is 3.58. The summed E-state index contributed by atoms with van der Waals surface area (Å²) in [5.74, 6) is 0. The number of nitrogens with two attached hydrogens (primary N) is 1. The molecule has 3 heteroatoms. The van der Waals surface area contributed by atoms with Crippen molar-refractivity contribution in [2.75, 3.05) is 18.5 Å². The third-order valence-electron chi connectivity index (χ3n) is 3.67. The summed E-state index contributed by atoms with van der Waals surface area (Å²) >= 11 is 0. The SMILES string of the molecule is CC[C@@H](N)c1ccccc1N(C)CCc1ccncc1. The van der Waals surface area contributed by atoms with E-state index in [4.69, 9.17) is 5.73 Å². The molecule has 1 heterocycles. The first kappa shape index (κ1) is 14.5. The molecular formula is C17H23N3. The summed E-state index contributed by atoms with van der Waals surface area (Å²) in [7, 11) is 2.13. The fraction of sp³-hybridized carbons (Fsp3) is 0.353. The standard InChI is InChI=1S/C17H23N3/c1-3-16(18)15-6-4-5-7-17(15)20(2)13-10-14-8-11-19-12-9-14/h4-9,11-12,16H,3,10,13,18H2,1-2H3/t16-/m1/s1. The van der Waals surface area contributed by atoms with Crippen molar-refractivity contribution in [3.05, 3.63) is 59.9 Å². The van der Waals surface area contributed by atoms with Gasteiger partial charge in [0, 0.05) is 37.7 Å². The lowest BCUT2D eigenvalue weighted by Crippen LogP contribution is -2.23. The smallest absolute Gasteiger partial charge is 0.0412 e. The van der Waals surface area contributed by atoms with Gasteiger partial charge in [-0.2, -0.15) is 0 Å². The monoisotopic (exact) mass is 269 g/mol. The minimum atomic E-state index is 0.106. The van der Waals surface area contributed by atoms with E-state index in [2.05, 4.69) is 60.3 Å². The highest BCUT2D eigenvalue weighted by molar-refractivity contribution is 5.54. The summed E-state index contributed by atoms with van der Waals surface area (Å²) in [5, 5.41) is 0. The van der Waals surface area contributed by atoms with E-state index in [0.717, 1.165) is 19.4 Å². The Balaban J connectivity index is 2.07. The second-order valence-corrected chi connectivity index (χ2v) is 5.10. The average molecular weight is 269 g/mol. The molecule has 0 aliphatic rings. The van der Waals surface area contributed by atoms with Gasteiger partial charge in [0.25, 0.3) is 0 Å². The van der Waals surface area contributed by atoms with Crippen molar-refractivity contribution in [1.82, 2.24) is 4.98 Å². The van der Waals surface area contributed by atoms with Crippen LogP contribution in [0.2, 0.25) is 0 Å². The van der Waals surface area contributed by atoms with Crippen molar-refractivity contribution < 1.29 is 0 Å². The van der Waals surface area contributed by atoms with Crippen LogP contribution in [0.1, 0.15) is 30.5 Å². The number of pyridine rings is 1. The van der Waals surface area contributed by atoms with Crippen LogP contribution >= 0.6 is 0 Å². The summed E-state index contributed by atoms with van der Waals surface area (Å²) in [6, 6.07) is 12.7. The molecule has 2 aromatic rings. The van der Waals surface area contributed by atoms with Crippen LogP contribution in [-0.4, -0.2) is 18.6 Å². The fourth-order valence-electron chi connectivity index (χ4n) is 2.34. The molecule has 1 atom stereocenters. The summed E-state index contributed by atoms with van der Waals surface area (Å²) in [6.45, 7) is 3.09. The zero-order valence-corrected chi connectivity index (χ0v) is 12.3. The number of rotatable bonds is 6.